The number of hydrogen-bond donors (Lipinski definition) is 2. The summed E-state index contributed by atoms with van der Waals surface area (Å²) in [5.41, 5.74) is 1.65. The number of amides is 3. The molecule has 2 heterocycles. The van der Waals surface area contributed by atoms with Crippen molar-refractivity contribution < 1.29 is 14.4 Å². The van der Waals surface area contributed by atoms with Gasteiger partial charge in [0.2, 0.25) is 11.8 Å². The van der Waals surface area contributed by atoms with Crippen molar-refractivity contribution in [3.8, 4) is 0 Å². The number of thiophene rings is 1. The predicted octanol–water partition coefficient (Wildman–Crippen LogP) is 4.22. The first kappa shape index (κ1) is 23.0. The van der Waals surface area contributed by atoms with E-state index in [1.54, 1.807) is 35.6 Å². The maximum Gasteiger partial charge on any atom is 0.252 e. The SMILES string of the molecule is CCCC(NC(=O)c1cccc(NC(=O)C(C)(C)C)c1)C(=O)N1CCc2sccc2C1. The normalized spacial score (nSPS) is 14.5. The van der Waals surface area contributed by atoms with E-state index in [2.05, 4.69) is 22.1 Å². The summed E-state index contributed by atoms with van der Waals surface area (Å²) in [5, 5.41) is 7.83. The van der Waals surface area contributed by atoms with E-state index < -0.39 is 11.5 Å². The predicted molar refractivity (Wildman–Crippen MR) is 124 cm³/mol. The molecular formula is C24H31N3O3S. The lowest BCUT2D eigenvalue weighted by Crippen LogP contribution is -2.49. The second-order valence-electron chi connectivity index (χ2n) is 8.98. The van der Waals surface area contributed by atoms with Crippen molar-refractivity contribution in [1.29, 1.82) is 0 Å². The average molecular weight is 442 g/mol. The molecule has 2 N–H and O–H groups in total. The van der Waals surface area contributed by atoms with Crippen molar-refractivity contribution in [3.05, 3.63) is 51.7 Å². The van der Waals surface area contributed by atoms with Gasteiger partial charge in [-0.2, -0.15) is 0 Å². The van der Waals surface area contributed by atoms with Crippen LogP contribution < -0.4 is 10.6 Å². The Morgan fingerprint density at radius 1 is 1.19 bits per heavy atom. The number of nitrogens with zero attached hydrogens (tertiary/aromatic N) is 1. The zero-order valence-electron chi connectivity index (χ0n) is 18.7. The molecule has 0 radical (unpaired) electrons. The van der Waals surface area contributed by atoms with E-state index in [9.17, 15) is 14.4 Å². The lowest BCUT2D eigenvalue weighted by Gasteiger charge is -2.31. The molecule has 1 unspecified atom stereocenters. The van der Waals surface area contributed by atoms with E-state index in [1.807, 2.05) is 32.6 Å². The summed E-state index contributed by atoms with van der Waals surface area (Å²) in [5.74, 6) is -0.474. The van der Waals surface area contributed by atoms with Gasteiger partial charge >= 0.3 is 0 Å². The van der Waals surface area contributed by atoms with Gasteiger partial charge in [-0.25, -0.2) is 0 Å². The molecule has 0 saturated heterocycles. The molecular weight excluding hydrogens is 410 g/mol. The summed E-state index contributed by atoms with van der Waals surface area (Å²) in [6.07, 6.45) is 2.23. The monoisotopic (exact) mass is 441 g/mol. The van der Waals surface area contributed by atoms with Crippen LogP contribution >= 0.6 is 11.3 Å². The fourth-order valence-corrected chi connectivity index (χ4v) is 4.39. The Morgan fingerprint density at radius 3 is 2.68 bits per heavy atom. The minimum absolute atomic E-state index is 0.0377. The zero-order chi connectivity index (χ0) is 22.6. The first-order valence-electron chi connectivity index (χ1n) is 10.8. The van der Waals surface area contributed by atoms with Crippen LogP contribution in [0.4, 0.5) is 5.69 Å². The van der Waals surface area contributed by atoms with Gasteiger partial charge in [0, 0.05) is 34.6 Å². The molecule has 3 rings (SSSR count). The number of rotatable bonds is 6. The summed E-state index contributed by atoms with van der Waals surface area (Å²) in [6.45, 7) is 8.78. The van der Waals surface area contributed by atoms with Crippen molar-refractivity contribution in [1.82, 2.24) is 10.2 Å². The van der Waals surface area contributed by atoms with Gasteiger partial charge in [0.05, 0.1) is 0 Å². The minimum atomic E-state index is -0.564. The Balaban J connectivity index is 1.69. The standard InChI is InChI=1S/C24H31N3O3S/c1-5-7-19(22(29)27-12-10-20-17(15-27)11-13-31-20)26-21(28)16-8-6-9-18(14-16)25-23(30)24(2,3)4/h6,8-9,11,13-14,19H,5,7,10,12,15H2,1-4H3,(H,25,30)(H,26,28). The van der Waals surface area contributed by atoms with E-state index in [-0.39, 0.29) is 17.7 Å². The van der Waals surface area contributed by atoms with Crippen LogP contribution in [0.5, 0.6) is 0 Å². The summed E-state index contributed by atoms with van der Waals surface area (Å²) in [7, 11) is 0. The first-order chi connectivity index (χ1) is 14.7. The van der Waals surface area contributed by atoms with Crippen LogP contribution in [0.2, 0.25) is 0 Å². The third-order valence-electron chi connectivity index (χ3n) is 5.36. The summed E-state index contributed by atoms with van der Waals surface area (Å²) < 4.78 is 0. The summed E-state index contributed by atoms with van der Waals surface area (Å²) >= 11 is 1.73. The highest BCUT2D eigenvalue weighted by Crippen LogP contribution is 2.25. The van der Waals surface area contributed by atoms with Crippen molar-refractivity contribution in [2.45, 2.75) is 59.5 Å². The Morgan fingerprint density at radius 2 is 1.97 bits per heavy atom. The molecule has 2 aromatic rings. The molecule has 1 aromatic heterocycles. The number of carbonyl (C=O) groups is 3. The van der Waals surface area contributed by atoms with Gasteiger partial charge in [-0.3, -0.25) is 14.4 Å². The number of benzene rings is 1. The smallest absolute Gasteiger partial charge is 0.252 e. The van der Waals surface area contributed by atoms with Crippen molar-refractivity contribution in [2.24, 2.45) is 5.41 Å². The quantitative estimate of drug-likeness (QED) is 0.705. The number of anilines is 1. The van der Waals surface area contributed by atoms with E-state index >= 15 is 0 Å². The summed E-state index contributed by atoms with van der Waals surface area (Å²) in [6, 6.07) is 8.32. The molecule has 1 aromatic carbocycles. The van der Waals surface area contributed by atoms with Crippen LogP contribution in [0.25, 0.3) is 0 Å². The Bertz CT molecular complexity index is 961. The topological polar surface area (TPSA) is 78.5 Å². The van der Waals surface area contributed by atoms with Crippen LogP contribution in [0.3, 0.4) is 0 Å². The number of nitrogens with one attached hydrogen (secondary N) is 2. The van der Waals surface area contributed by atoms with Gasteiger partial charge in [0.15, 0.2) is 0 Å². The molecule has 0 fully saturated rings. The molecule has 0 aliphatic carbocycles. The maximum atomic E-state index is 13.2. The van der Waals surface area contributed by atoms with Crippen LogP contribution in [0.1, 0.15) is 61.3 Å². The highest BCUT2D eigenvalue weighted by Gasteiger charge is 2.29. The highest BCUT2D eigenvalue weighted by molar-refractivity contribution is 7.10. The van der Waals surface area contributed by atoms with Gasteiger partial charge in [-0.15, -0.1) is 11.3 Å². The molecule has 1 atom stereocenters. The zero-order valence-corrected chi connectivity index (χ0v) is 19.5. The second-order valence-corrected chi connectivity index (χ2v) is 9.98. The molecule has 1 aliphatic rings. The largest absolute Gasteiger partial charge is 0.340 e. The maximum absolute atomic E-state index is 13.2. The van der Waals surface area contributed by atoms with E-state index in [0.29, 0.717) is 30.8 Å². The third-order valence-corrected chi connectivity index (χ3v) is 6.39. The highest BCUT2D eigenvalue weighted by atomic mass is 32.1. The van der Waals surface area contributed by atoms with Gasteiger partial charge in [0.1, 0.15) is 6.04 Å². The molecule has 31 heavy (non-hydrogen) atoms. The minimum Gasteiger partial charge on any atom is -0.340 e. The first-order valence-corrected chi connectivity index (χ1v) is 11.6. The van der Waals surface area contributed by atoms with Crippen LogP contribution in [-0.2, 0) is 22.6 Å². The molecule has 0 saturated carbocycles. The molecule has 0 bridgehead atoms. The van der Waals surface area contributed by atoms with Gasteiger partial charge < -0.3 is 15.5 Å². The van der Waals surface area contributed by atoms with Gasteiger partial charge in [-0.1, -0.05) is 40.2 Å². The van der Waals surface area contributed by atoms with Crippen LogP contribution in [0.15, 0.2) is 35.7 Å². The Labute approximate surface area is 188 Å². The van der Waals surface area contributed by atoms with Gasteiger partial charge in [-0.05, 0) is 48.1 Å². The Kier molecular flexibility index (Phi) is 7.15. The van der Waals surface area contributed by atoms with E-state index in [4.69, 9.17) is 0 Å². The van der Waals surface area contributed by atoms with Crippen LogP contribution in [0, 0.1) is 5.41 Å². The van der Waals surface area contributed by atoms with Crippen LogP contribution in [-0.4, -0.2) is 35.2 Å². The lowest BCUT2D eigenvalue weighted by atomic mass is 9.95. The number of hydrogen-bond acceptors (Lipinski definition) is 4. The molecule has 7 heteroatoms. The third kappa shape index (κ3) is 5.73. The van der Waals surface area contributed by atoms with E-state index in [0.717, 1.165) is 12.8 Å². The molecule has 0 spiro atoms. The number of fused-ring (bicyclic) bond motifs is 1. The summed E-state index contributed by atoms with van der Waals surface area (Å²) in [4.78, 5) is 41.5. The second kappa shape index (κ2) is 9.64. The Hall–Kier alpha value is -2.67. The molecule has 6 nitrogen and oxygen atoms in total. The fraction of sp³-hybridized carbons (Fsp3) is 0.458. The molecule has 1 aliphatic heterocycles. The van der Waals surface area contributed by atoms with E-state index in [1.165, 1.54) is 10.4 Å². The van der Waals surface area contributed by atoms with Gasteiger partial charge in [0.25, 0.3) is 5.91 Å². The molecule has 166 valence electrons. The van der Waals surface area contributed by atoms with Crippen molar-refractivity contribution in [3.63, 3.8) is 0 Å². The molecule has 3 amide bonds. The van der Waals surface area contributed by atoms with Crippen molar-refractivity contribution >= 4 is 34.7 Å². The van der Waals surface area contributed by atoms with Crippen molar-refractivity contribution in [2.75, 3.05) is 11.9 Å². The average Bonchev–Trinajstić information content (AvgIpc) is 3.20. The fourth-order valence-electron chi connectivity index (χ4n) is 3.50. The number of carbonyl (C=O) groups excluding carboxylic acids is 3. The lowest BCUT2D eigenvalue weighted by molar-refractivity contribution is -0.134.